The van der Waals surface area contributed by atoms with Crippen molar-refractivity contribution in [3.8, 4) is 0 Å². The first-order chi connectivity index (χ1) is 13.0. The van der Waals surface area contributed by atoms with Gasteiger partial charge in [0.1, 0.15) is 5.82 Å². The van der Waals surface area contributed by atoms with Gasteiger partial charge in [-0.2, -0.15) is 0 Å². The number of hydrogen-bond acceptors (Lipinski definition) is 4. The molecule has 7 heteroatoms. The van der Waals surface area contributed by atoms with Gasteiger partial charge in [-0.1, -0.05) is 30.3 Å². The summed E-state index contributed by atoms with van der Waals surface area (Å²) in [5, 5.41) is 11.3. The minimum Gasteiger partial charge on any atom is -0.474 e. The number of nitrogens with zero attached hydrogens (tertiary/aromatic N) is 2. The molecule has 0 saturated carbocycles. The van der Waals surface area contributed by atoms with E-state index in [-0.39, 0.29) is 11.2 Å². The van der Waals surface area contributed by atoms with Crippen molar-refractivity contribution in [2.24, 2.45) is 0 Å². The van der Waals surface area contributed by atoms with Crippen LogP contribution in [0.3, 0.4) is 0 Å². The standard InChI is InChI=1S/C20H15N3O4/c24-18(20(26)27)21-14-6-7-16-15(11-14)19(25)23-9-8-13(17(23)22-16)10-12-4-2-1-3-5-12/h1-7,10-11H,8-9H2,(H,21,24)(H,26,27). The van der Waals surface area contributed by atoms with E-state index in [4.69, 9.17) is 5.11 Å². The van der Waals surface area contributed by atoms with E-state index in [9.17, 15) is 14.4 Å². The van der Waals surface area contributed by atoms with Crippen molar-refractivity contribution in [2.45, 2.75) is 13.0 Å². The Kier molecular flexibility index (Phi) is 4.04. The van der Waals surface area contributed by atoms with Gasteiger partial charge in [-0.25, -0.2) is 9.78 Å². The number of allylic oxidation sites excluding steroid dienone is 1. The summed E-state index contributed by atoms with van der Waals surface area (Å²) < 4.78 is 1.61. The molecule has 0 radical (unpaired) electrons. The summed E-state index contributed by atoms with van der Waals surface area (Å²) in [5.41, 5.74) is 2.57. The summed E-state index contributed by atoms with van der Waals surface area (Å²) in [4.78, 5) is 39.5. The van der Waals surface area contributed by atoms with Gasteiger partial charge in [0, 0.05) is 12.2 Å². The second kappa shape index (κ2) is 6.53. The molecule has 27 heavy (non-hydrogen) atoms. The van der Waals surface area contributed by atoms with Gasteiger partial charge in [-0.05, 0) is 41.8 Å². The third-order valence-corrected chi connectivity index (χ3v) is 4.44. The summed E-state index contributed by atoms with van der Waals surface area (Å²) in [6.45, 7) is 0.529. The first kappa shape index (κ1) is 16.7. The number of carbonyl (C=O) groups excluding carboxylic acids is 1. The van der Waals surface area contributed by atoms with Gasteiger partial charge in [0.2, 0.25) is 0 Å². The lowest BCUT2D eigenvalue weighted by Gasteiger charge is -2.08. The molecule has 0 atom stereocenters. The zero-order chi connectivity index (χ0) is 19.0. The number of amides is 1. The molecular weight excluding hydrogens is 346 g/mol. The van der Waals surface area contributed by atoms with Crippen LogP contribution in [0.15, 0.2) is 53.3 Å². The molecule has 0 bridgehead atoms. The van der Waals surface area contributed by atoms with Crippen molar-refractivity contribution in [2.75, 3.05) is 5.32 Å². The topological polar surface area (TPSA) is 101 Å². The highest BCUT2D eigenvalue weighted by Crippen LogP contribution is 2.28. The zero-order valence-corrected chi connectivity index (χ0v) is 14.2. The minimum atomic E-state index is -1.59. The van der Waals surface area contributed by atoms with Crippen LogP contribution < -0.4 is 10.9 Å². The van der Waals surface area contributed by atoms with Crippen molar-refractivity contribution in [1.29, 1.82) is 0 Å². The third-order valence-electron chi connectivity index (χ3n) is 4.44. The Morgan fingerprint density at radius 1 is 1.15 bits per heavy atom. The van der Waals surface area contributed by atoms with Crippen LogP contribution in [0, 0.1) is 0 Å². The second-order valence-corrected chi connectivity index (χ2v) is 6.21. The first-order valence-electron chi connectivity index (χ1n) is 8.38. The Balaban J connectivity index is 1.78. The SMILES string of the molecule is O=C(O)C(=O)Nc1ccc2nc3n(c(=O)c2c1)CCC3=Cc1ccccc1. The fourth-order valence-electron chi connectivity index (χ4n) is 3.17. The van der Waals surface area contributed by atoms with Gasteiger partial charge < -0.3 is 10.4 Å². The Morgan fingerprint density at radius 2 is 1.93 bits per heavy atom. The van der Waals surface area contributed by atoms with E-state index in [0.717, 1.165) is 11.1 Å². The molecule has 0 aliphatic carbocycles. The number of carboxylic acid groups (broad SMARTS) is 1. The molecule has 0 fully saturated rings. The van der Waals surface area contributed by atoms with Gasteiger partial charge in [-0.3, -0.25) is 14.2 Å². The Bertz CT molecular complexity index is 1160. The van der Waals surface area contributed by atoms with E-state index in [0.29, 0.717) is 29.7 Å². The van der Waals surface area contributed by atoms with E-state index >= 15 is 0 Å². The van der Waals surface area contributed by atoms with E-state index < -0.39 is 11.9 Å². The molecule has 0 saturated heterocycles. The van der Waals surface area contributed by atoms with Crippen LogP contribution in [0.2, 0.25) is 0 Å². The van der Waals surface area contributed by atoms with Crippen LogP contribution in [0.4, 0.5) is 5.69 Å². The smallest absolute Gasteiger partial charge is 0.394 e. The number of aliphatic carboxylic acids is 1. The number of anilines is 1. The minimum absolute atomic E-state index is 0.210. The van der Waals surface area contributed by atoms with Crippen molar-refractivity contribution in [3.63, 3.8) is 0 Å². The molecule has 2 heterocycles. The average Bonchev–Trinajstić information content (AvgIpc) is 3.06. The maximum absolute atomic E-state index is 12.9. The fourth-order valence-corrected chi connectivity index (χ4v) is 3.17. The maximum Gasteiger partial charge on any atom is 0.394 e. The Morgan fingerprint density at radius 3 is 2.67 bits per heavy atom. The molecular formula is C20H15N3O4. The quantitative estimate of drug-likeness (QED) is 0.683. The molecule has 0 unspecified atom stereocenters. The summed E-state index contributed by atoms with van der Waals surface area (Å²) in [6.07, 6.45) is 2.73. The van der Waals surface area contributed by atoms with Crippen LogP contribution in [0.1, 0.15) is 17.8 Å². The van der Waals surface area contributed by atoms with Gasteiger partial charge >= 0.3 is 11.9 Å². The molecule has 0 spiro atoms. The van der Waals surface area contributed by atoms with E-state index in [1.165, 1.54) is 12.1 Å². The molecule has 1 amide bonds. The van der Waals surface area contributed by atoms with Crippen LogP contribution in [0.25, 0.3) is 22.6 Å². The van der Waals surface area contributed by atoms with E-state index in [2.05, 4.69) is 10.3 Å². The molecule has 3 aromatic rings. The predicted octanol–water partition coefficient (Wildman–Crippen LogP) is 2.36. The number of hydrogen-bond donors (Lipinski definition) is 2. The normalized spacial score (nSPS) is 14.3. The van der Waals surface area contributed by atoms with E-state index in [1.807, 2.05) is 36.4 Å². The summed E-state index contributed by atoms with van der Waals surface area (Å²) in [6, 6.07) is 14.4. The predicted molar refractivity (Wildman–Crippen MR) is 101 cm³/mol. The van der Waals surface area contributed by atoms with Crippen molar-refractivity contribution >= 4 is 40.1 Å². The average molecular weight is 361 g/mol. The van der Waals surface area contributed by atoms with Crippen molar-refractivity contribution in [1.82, 2.24) is 9.55 Å². The highest BCUT2D eigenvalue weighted by molar-refractivity contribution is 6.36. The number of fused-ring (bicyclic) bond motifs is 2. The van der Waals surface area contributed by atoms with Crippen LogP contribution >= 0.6 is 0 Å². The molecule has 1 aromatic heterocycles. The summed E-state index contributed by atoms with van der Waals surface area (Å²) in [5.74, 6) is -2.11. The Labute approximate surface area is 153 Å². The molecule has 2 N–H and O–H groups in total. The van der Waals surface area contributed by atoms with Crippen molar-refractivity contribution < 1.29 is 14.7 Å². The number of carbonyl (C=O) groups is 2. The molecule has 4 rings (SSSR count). The molecule has 1 aliphatic rings. The van der Waals surface area contributed by atoms with Gasteiger partial charge in [-0.15, -0.1) is 0 Å². The highest BCUT2D eigenvalue weighted by Gasteiger charge is 2.21. The Hall–Kier alpha value is -3.74. The molecule has 7 nitrogen and oxygen atoms in total. The van der Waals surface area contributed by atoms with Crippen LogP contribution in [0.5, 0.6) is 0 Å². The zero-order valence-electron chi connectivity index (χ0n) is 14.2. The summed E-state index contributed by atoms with van der Waals surface area (Å²) in [7, 11) is 0. The van der Waals surface area contributed by atoms with Crippen molar-refractivity contribution in [3.05, 3.63) is 70.3 Å². The first-order valence-corrected chi connectivity index (χ1v) is 8.38. The number of carboxylic acids is 1. The lowest BCUT2D eigenvalue weighted by atomic mass is 10.1. The maximum atomic E-state index is 12.9. The summed E-state index contributed by atoms with van der Waals surface area (Å²) >= 11 is 0. The number of nitrogens with one attached hydrogen (secondary N) is 1. The van der Waals surface area contributed by atoms with E-state index in [1.54, 1.807) is 10.6 Å². The van der Waals surface area contributed by atoms with Crippen LogP contribution in [-0.4, -0.2) is 26.5 Å². The second-order valence-electron chi connectivity index (χ2n) is 6.21. The number of benzene rings is 2. The number of rotatable bonds is 2. The van der Waals surface area contributed by atoms with Gasteiger partial charge in [0.25, 0.3) is 5.56 Å². The van der Waals surface area contributed by atoms with Gasteiger partial charge in [0.05, 0.1) is 10.9 Å². The molecule has 2 aromatic carbocycles. The lowest BCUT2D eigenvalue weighted by molar-refractivity contribution is -0.147. The monoisotopic (exact) mass is 361 g/mol. The highest BCUT2D eigenvalue weighted by atomic mass is 16.4. The number of aromatic nitrogens is 2. The third kappa shape index (κ3) is 3.10. The van der Waals surface area contributed by atoms with Gasteiger partial charge in [0.15, 0.2) is 0 Å². The molecule has 1 aliphatic heterocycles. The lowest BCUT2D eigenvalue weighted by Crippen LogP contribution is -2.23. The van der Waals surface area contributed by atoms with Crippen LogP contribution in [-0.2, 0) is 16.1 Å². The molecule has 134 valence electrons. The fraction of sp³-hybridized carbons (Fsp3) is 0.100. The largest absolute Gasteiger partial charge is 0.474 e.